The van der Waals surface area contributed by atoms with Crippen molar-refractivity contribution in [1.82, 2.24) is 14.4 Å². The third-order valence-corrected chi connectivity index (χ3v) is 5.98. The molecule has 0 spiro atoms. The van der Waals surface area contributed by atoms with Crippen molar-refractivity contribution in [3.8, 4) is 34.6 Å². The standard InChI is InChI=1S/C27H19FN6O5/c1-37-22-11-15(12-23(38-2)25(22)39-3)24-27-32-19(13-29)26(33(27)21-7-5-4-6-18(21)31-24)30-14-16-10-17(28)8-9-20(16)34(35)36/h4-12,14H,1-3H3/b30-14+. The molecule has 5 aromatic rings. The lowest BCUT2D eigenvalue weighted by atomic mass is 10.1. The SMILES string of the molecule is COc1cc(-c2nc3ccccc3n3c(/N=C/c4cc(F)ccc4[N+](=O)[O-])c(C#N)nc23)cc(OC)c1OC. The third kappa shape index (κ3) is 4.31. The smallest absolute Gasteiger partial charge is 0.278 e. The molecule has 39 heavy (non-hydrogen) atoms. The highest BCUT2D eigenvalue weighted by Crippen LogP contribution is 2.42. The zero-order valence-electron chi connectivity index (χ0n) is 20.9. The van der Waals surface area contributed by atoms with Crippen molar-refractivity contribution in [2.75, 3.05) is 21.3 Å². The van der Waals surface area contributed by atoms with Gasteiger partial charge < -0.3 is 14.2 Å². The molecular formula is C27H19FN6O5. The molecule has 0 aliphatic carbocycles. The second kappa shape index (κ2) is 10.1. The van der Waals surface area contributed by atoms with Crippen LogP contribution in [0.3, 0.4) is 0 Å². The maximum absolute atomic E-state index is 13.9. The summed E-state index contributed by atoms with van der Waals surface area (Å²) in [6.45, 7) is 0. The second-order valence-electron chi connectivity index (χ2n) is 8.14. The Morgan fingerprint density at radius 1 is 1.05 bits per heavy atom. The summed E-state index contributed by atoms with van der Waals surface area (Å²) in [6.07, 6.45) is 1.14. The number of nitro benzene ring substituents is 1. The molecule has 0 saturated carbocycles. The summed E-state index contributed by atoms with van der Waals surface area (Å²) < 4.78 is 32.0. The highest BCUT2D eigenvalue weighted by atomic mass is 19.1. The maximum Gasteiger partial charge on any atom is 0.278 e. The van der Waals surface area contributed by atoms with E-state index in [0.717, 1.165) is 24.4 Å². The van der Waals surface area contributed by atoms with Crippen LogP contribution in [0.25, 0.3) is 27.9 Å². The highest BCUT2D eigenvalue weighted by Gasteiger charge is 2.22. The summed E-state index contributed by atoms with van der Waals surface area (Å²) in [6, 6.07) is 15.6. The number of nitriles is 1. The lowest BCUT2D eigenvalue weighted by molar-refractivity contribution is -0.385. The number of aliphatic imine (C=N–C) groups is 1. The number of nitrogens with zero attached hydrogens (tertiary/aromatic N) is 6. The predicted octanol–water partition coefficient (Wildman–Crippen LogP) is 5.24. The van der Waals surface area contributed by atoms with Crippen LogP contribution in [0.5, 0.6) is 17.2 Å². The van der Waals surface area contributed by atoms with Gasteiger partial charge in [-0.25, -0.2) is 19.4 Å². The number of hydrogen-bond donors (Lipinski definition) is 0. The average molecular weight is 526 g/mol. The Hall–Kier alpha value is -5.57. The number of para-hydroxylation sites is 2. The Morgan fingerprint density at radius 2 is 1.77 bits per heavy atom. The van der Waals surface area contributed by atoms with Gasteiger partial charge in [0.25, 0.3) is 5.69 Å². The number of nitro groups is 1. The fourth-order valence-corrected chi connectivity index (χ4v) is 4.25. The van der Waals surface area contributed by atoms with E-state index in [-0.39, 0.29) is 22.8 Å². The summed E-state index contributed by atoms with van der Waals surface area (Å²) in [5.41, 5.74) is 1.92. The van der Waals surface area contributed by atoms with E-state index in [2.05, 4.69) is 9.98 Å². The van der Waals surface area contributed by atoms with Gasteiger partial charge in [0.05, 0.1) is 42.8 Å². The number of benzene rings is 3. The van der Waals surface area contributed by atoms with E-state index >= 15 is 0 Å². The molecule has 0 aliphatic rings. The van der Waals surface area contributed by atoms with Gasteiger partial charge in [0.15, 0.2) is 28.7 Å². The highest BCUT2D eigenvalue weighted by molar-refractivity contribution is 5.91. The molecule has 194 valence electrons. The summed E-state index contributed by atoms with van der Waals surface area (Å²) >= 11 is 0. The molecule has 5 rings (SSSR count). The van der Waals surface area contributed by atoms with Gasteiger partial charge in [-0.2, -0.15) is 5.26 Å². The molecule has 3 aromatic carbocycles. The minimum atomic E-state index is -0.667. The van der Waals surface area contributed by atoms with Gasteiger partial charge in [-0.1, -0.05) is 12.1 Å². The Bertz CT molecular complexity index is 1820. The number of fused-ring (bicyclic) bond motifs is 3. The number of ether oxygens (including phenoxy) is 3. The number of imidazole rings is 1. The fourth-order valence-electron chi connectivity index (χ4n) is 4.25. The number of hydrogen-bond acceptors (Lipinski definition) is 9. The Labute approximate surface area is 220 Å². The first-order chi connectivity index (χ1) is 18.9. The molecule has 0 unspecified atom stereocenters. The summed E-state index contributed by atoms with van der Waals surface area (Å²) in [5.74, 6) is 0.606. The molecule has 2 heterocycles. The molecule has 12 heteroatoms. The predicted molar refractivity (Wildman–Crippen MR) is 141 cm³/mol. The van der Waals surface area contributed by atoms with E-state index in [9.17, 15) is 19.8 Å². The summed E-state index contributed by atoms with van der Waals surface area (Å²) in [4.78, 5) is 24.5. The van der Waals surface area contributed by atoms with Crippen LogP contribution in [0.15, 0.2) is 59.6 Å². The zero-order valence-corrected chi connectivity index (χ0v) is 20.9. The van der Waals surface area contributed by atoms with Crippen LogP contribution in [0.4, 0.5) is 15.9 Å². The number of aromatic nitrogens is 3. The molecule has 0 fully saturated rings. The van der Waals surface area contributed by atoms with Crippen LogP contribution in [0.2, 0.25) is 0 Å². The van der Waals surface area contributed by atoms with Crippen LogP contribution in [-0.4, -0.2) is 46.8 Å². The Balaban J connectivity index is 1.82. The van der Waals surface area contributed by atoms with Crippen LogP contribution in [0.1, 0.15) is 11.3 Å². The van der Waals surface area contributed by atoms with E-state index in [0.29, 0.717) is 45.2 Å². The molecule has 0 aliphatic heterocycles. The molecule has 0 saturated heterocycles. The van der Waals surface area contributed by atoms with E-state index in [1.807, 2.05) is 6.07 Å². The summed E-state index contributed by atoms with van der Waals surface area (Å²) in [7, 11) is 4.48. The molecule has 0 N–H and O–H groups in total. The Kier molecular flexibility index (Phi) is 6.47. The maximum atomic E-state index is 13.9. The number of rotatable bonds is 7. The van der Waals surface area contributed by atoms with Gasteiger partial charge in [-0.05, 0) is 36.4 Å². The van der Waals surface area contributed by atoms with Crippen LogP contribution >= 0.6 is 0 Å². The van der Waals surface area contributed by atoms with E-state index in [1.54, 1.807) is 40.8 Å². The quantitative estimate of drug-likeness (QED) is 0.159. The van der Waals surface area contributed by atoms with Gasteiger partial charge >= 0.3 is 0 Å². The fraction of sp³-hybridized carbons (Fsp3) is 0.111. The van der Waals surface area contributed by atoms with Gasteiger partial charge in [-0.15, -0.1) is 0 Å². The van der Waals surface area contributed by atoms with Crippen molar-refractivity contribution in [3.63, 3.8) is 0 Å². The minimum absolute atomic E-state index is 0.0582. The lowest BCUT2D eigenvalue weighted by Gasteiger charge is -2.15. The van der Waals surface area contributed by atoms with Crippen molar-refractivity contribution in [2.24, 2.45) is 4.99 Å². The van der Waals surface area contributed by atoms with E-state index < -0.39 is 10.7 Å². The topological polar surface area (TPSA) is 137 Å². The minimum Gasteiger partial charge on any atom is -0.493 e. The van der Waals surface area contributed by atoms with Gasteiger partial charge in [0.2, 0.25) is 5.75 Å². The van der Waals surface area contributed by atoms with Crippen molar-refractivity contribution >= 4 is 34.4 Å². The van der Waals surface area contributed by atoms with Crippen LogP contribution < -0.4 is 14.2 Å². The molecule has 0 radical (unpaired) electrons. The van der Waals surface area contributed by atoms with Gasteiger partial charge in [-0.3, -0.25) is 14.5 Å². The molecule has 2 aromatic heterocycles. The van der Waals surface area contributed by atoms with Gasteiger partial charge in [0, 0.05) is 17.8 Å². The molecular weight excluding hydrogens is 507 g/mol. The monoisotopic (exact) mass is 526 g/mol. The summed E-state index contributed by atoms with van der Waals surface area (Å²) in [5, 5.41) is 21.4. The van der Waals surface area contributed by atoms with Gasteiger partial charge in [0.1, 0.15) is 17.6 Å². The molecule has 11 nitrogen and oxygen atoms in total. The zero-order chi connectivity index (χ0) is 27.7. The lowest BCUT2D eigenvalue weighted by Crippen LogP contribution is -1.99. The van der Waals surface area contributed by atoms with Crippen LogP contribution in [-0.2, 0) is 0 Å². The molecule has 0 bridgehead atoms. The number of halogens is 1. The van der Waals surface area contributed by atoms with E-state index in [1.165, 1.54) is 21.3 Å². The average Bonchev–Trinajstić information content (AvgIpc) is 3.33. The van der Waals surface area contributed by atoms with Crippen molar-refractivity contribution < 1.29 is 23.5 Å². The molecule has 0 amide bonds. The first-order valence-electron chi connectivity index (χ1n) is 11.4. The first kappa shape index (κ1) is 25.1. The van der Waals surface area contributed by atoms with Crippen molar-refractivity contribution in [1.29, 1.82) is 5.26 Å². The third-order valence-electron chi connectivity index (χ3n) is 5.98. The normalized spacial score (nSPS) is 11.2. The largest absolute Gasteiger partial charge is 0.493 e. The van der Waals surface area contributed by atoms with E-state index in [4.69, 9.17) is 19.2 Å². The Morgan fingerprint density at radius 3 is 2.41 bits per heavy atom. The molecule has 0 atom stereocenters. The first-order valence-corrected chi connectivity index (χ1v) is 11.4. The second-order valence-corrected chi connectivity index (χ2v) is 8.14. The van der Waals surface area contributed by atoms with Crippen molar-refractivity contribution in [3.05, 3.63) is 81.8 Å². The van der Waals surface area contributed by atoms with Crippen molar-refractivity contribution in [2.45, 2.75) is 0 Å². The number of methoxy groups -OCH3 is 3. The van der Waals surface area contributed by atoms with Crippen LogP contribution in [0, 0.1) is 27.3 Å².